The van der Waals surface area contributed by atoms with E-state index < -0.39 is 0 Å². The lowest BCUT2D eigenvalue weighted by molar-refractivity contribution is -0.870. The van der Waals surface area contributed by atoms with Gasteiger partial charge in [-0.3, -0.25) is 0 Å². The van der Waals surface area contributed by atoms with Gasteiger partial charge in [-0.1, -0.05) is 194 Å². The van der Waals surface area contributed by atoms with Crippen LogP contribution >= 0.6 is 37.2 Å². The molecular weight excluding hydrogens is 710 g/mol. The summed E-state index contributed by atoms with van der Waals surface area (Å²) in [5.41, 5.74) is 0. The number of quaternary nitrogens is 2. The Labute approximate surface area is 343 Å². The number of rotatable bonds is 34. The van der Waals surface area contributed by atoms with Crippen LogP contribution in [0.3, 0.4) is 0 Å². The molecule has 2 nitrogen and oxygen atoms in total. The number of unbranched alkanes of at least 4 members (excludes halogenated alkanes) is 30. The Hall–Kier alpha value is 1.37. The molecule has 0 radical (unpaired) electrons. The lowest BCUT2D eigenvalue weighted by atomic mass is 10.0. The molecule has 0 atom stereocenters. The van der Waals surface area contributed by atoms with Crippen molar-refractivity contribution < 1.29 is 33.8 Å². The molecule has 0 fully saturated rings. The zero-order valence-electron chi connectivity index (χ0n) is 34.9. The summed E-state index contributed by atoms with van der Waals surface area (Å²) in [5.74, 6) is 0. The van der Waals surface area contributed by atoms with Gasteiger partial charge in [-0.2, -0.15) is 0 Å². The van der Waals surface area contributed by atoms with Gasteiger partial charge in [0.15, 0.2) is 0 Å². The molecule has 0 saturated carbocycles. The molecule has 0 unspecified atom stereocenters. The summed E-state index contributed by atoms with van der Waals surface area (Å²) in [6.07, 6.45) is 46.7. The third-order valence-corrected chi connectivity index (χ3v) is 9.36. The molecule has 0 aliphatic rings. The Kier molecular flexibility index (Phi) is 68.6. The second-order valence-corrected chi connectivity index (χ2v) is 16.6. The molecule has 0 aromatic heterocycles. The van der Waals surface area contributed by atoms with Crippen molar-refractivity contribution in [3.05, 3.63) is 0 Å². The first-order valence-corrected chi connectivity index (χ1v) is 20.7. The van der Waals surface area contributed by atoms with Crippen molar-refractivity contribution in [1.29, 1.82) is 0 Å². The van der Waals surface area contributed by atoms with E-state index in [1.165, 1.54) is 219 Å². The Bertz CT molecular complexity index is 478. The van der Waals surface area contributed by atoms with Gasteiger partial charge in [0.1, 0.15) is 0 Å². The van der Waals surface area contributed by atoms with E-state index in [0.717, 1.165) is 8.97 Å². The number of hydrogen-bond acceptors (Lipinski definition) is 0. The third kappa shape index (κ3) is 71.5. The molecule has 0 rings (SSSR count). The summed E-state index contributed by atoms with van der Waals surface area (Å²) >= 11 is 0. The molecule has 0 aromatic rings. The molecule has 0 heterocycles. The van der Waals surface area contributed by atoms with Gasteiger partial charge in [-0.05, 0) is 25.7 Å². The number of halogens is 5. The lowest BCUT2D eigenvalue weighted by Crippen LogP contribution is -3.00. The van der Waals surface area contributed by atoms with E-state index >= 15 is 0 Å². The van der Waals surface area contributed by atoms with Gasteiger partial charge in [0, 0.05) is 0 Å². The molecule has 0 aliphatic heterocycles. The van der Waals surface area contributed by atoms with Crippen molar-refractivity contribution in [3.8, 4) is 0 Å². The van der Waals surface area contributed by atoms with E-state index in [0.29, 0.717) is 0 Å². The first kappa shape index (κ1) is 65.3. The fourth-order valence-corrected chi connectivity index (χ4v) is 6.27. The molecule has 0 bridgehead atoms. The second kappa shape index (κ2) is 51.5. The minimum Gasteiger partial charge on any atom is -1.00 e. The average molecular weight is 806 g/mol. The summed E-state index contributed by atoms with van der Waals surface area (Å²) in [6, 6.07) is 0. The molecule has 0 aromatic carbocycles. The van der Waals surface area contributed by atoms with E-state index in [1.54, 1.807) is 0 Å². The van der Waals surface area contributed by atoms with Crippen LogP contribution in [0, 0.1) is 0 Å². The topological polar surface area (TPSA) is 0 Å². The molecule has 0 N–H and O–H groups in total. The quantitative estimate of drug-likeness (QED) is 0.0450. The Morgan fingerprint density at radius 3 is 0.469 bits per heavy atom. The molecule has 7 heteroatoms. The predicted molar refractivity (Wildman–Crippen MR) is 227 cm³/mol. The first-order chi connectivity index (χ1) is 21.1. The zero-order valence-corrected chi connectivity index (χ0v) is 38.9. The van der Waals surface area contributed by atoms with Crippen molar-refractivity contribution in [2.24, 2.45) is 0 Å². The van der Waals surface area contributed by atoms with E-state index in [-0.39, 0.29) is 62.0 Å². The summed E-state index contributed by atoms with van der Waals surface area (Å²) in [5, 5.41) is 0. The largest absolute Gasteiger partial charge is 1.00 e. The van der Waals surface area contributed by atoms with Gasteiger partial charge in [0.25, 0.3) is 0 Å². The van der Waals surface area contributed by atoms with Crippen molar-refractivity contribution in [3.63, 3.8) is 0 Å². The number of nitrogens with zero attached hydrogens (tertiary/aromatic N) is 2. The maximum absolute atomic E-state index is 2.30. The Morgan fingerprint density at radius 2 is 0.347 bits per heavy atom. The predicted octanol–water partition coefficient (Wildman–Crippen LogP) is 9.18. The van der Waals surface area contributed by atoms with Gasteiger partial charge >= 0.3 is 0 Å². The van der Waals surface area contributed by atoms with Gasteiger partial charge in [0.05, 0.1) is 55.4 Å². The summed E-state index contributed by atoms with van der Waals surface area (Å²) in [6.45, 7) is 7.26. The van der Waals surface area contributed by atoms with Crippen LogP contribution in [0.1, 0.15) is 219 Å². The van der Waals surface area contributed by atoms with Crippen LogP contribution in [0.25, 0.3) is 0 Å². The maximum atomic E-state index is 2.30. The van der Waals surface area contributed by atoms with Gasteiger partial charge in [-0.15, -0.1) is 37.2 Å². The molecule has 308 valence electrons. The van der Waals surface area contributed by atoms with E-state index in [9.17, 15) is 0 Å². The standard InChI is InChI=1S/2C21H46N.5ClH/c2*1-5-6-7-8-9-10-11-12-13-14-15-16-17-18-19-20-21-22(2,3)4;;;;;/h2*5-21H2,1-4H3;5*1H/q2*+1;;;;;/p-2. The van der Waals surface area contributed by atoms with Crippen LogP contribution in [0.2, 0.25) is 0 Å². The van der Waals surface area contributed by atoms with Crippen LogP contribution in [-0.2, 0) is 0 Å². The van der Waals surface area contributed by atoms with Gasteiger partial charge in [-0.25, -0.2) is 0 Å². The fourth-order valence-electron chi connectivity index (χ4n) is 6.27. The Morgan fingerprint density at radius 1 is 0.224 bits per heavy atom. The minimum atomic E-state index is 0. The minimum absolute atomic E-state index is 0. The smallest absolute Gasteiger partial charge is 0.0780 e. The highest BCUT2D eigenvalue weighted by molar-refractivity contribution is 5.86. The van der Waals surface area contributed by atoms with Crippen LogP contribution in [0.15, 0.2) is 0 Å². The van der Waals surface area contributed by atoms with Gasteiger partial charge in [0.2, 0.25) is 0 Å². The third-order valence-electron chi connectivity index (χ3n) is 9.36. The Balaban J connectivity index is -0.000000131. The normalized spacial score (nSPS) is 10.8. The highest BCUT2D eigenvalue weighted by atomic mass is 35.5. The summed E-state index contributed by atoms with van der Waals surface area (Å²) in [7, 11) is 13.8. The second-order valence-electron chi connectivity index (χ2n) is 16.6. The summed E-state index contributed by atoms with van der Waals surface area (Å²) < 4.78 is 2.25. The van der Waals surface area contributed by atoms with Crippen LogP contribution in [-0.4, -0.2) is 64.3 Å². The van der Waals surface area contributed by atoms with Crippen molar-refractivity contribution in [1.82, 2.24) is 0 Å². The maximum Gasteiger partial charge on any atom is 0.0780 e. The highest BCUT2D eigenvalue weighted by Gasteiger charge is 2.06. The summed E-state index contributed by atoms with van der Waals surface area (Å²) in [4.78, 5) is 0. The molecule has 0 aliphatic carbocycles. The lowest BCUT2D eigenvalue weighted by Gasteiger charge is -2.23. The molecule has 0 saturated heterocycles. The van der Waals surface area contributed by atoms with E-state index in [4.69, 9.17) is 0 Å². The first-order valence-electron chi connectivity index (χ1n) is 20.7. The average Bonchev–Trinajstić information content (AvgIpc) is 2.96. The monoisotopic (exact) mass is 803 g/mol. The number of hydrogen-bond donors (Lipinski definition) is 0. The van der Waals surface area contributed by atoms with Gasteiger partial charge < -0.3 is 33.8 Å². The highest BCUT2D eigenvalue weighted by Crippen LogP contribution is 2.15. The SMILES string of the molecule is CCCCCCCCCCCCCCCCCC[N+](C)(C)C.CCCCCCCCCCCCCCCCCC[N+](C)(C)C.Cl.Cl.Cl.[Cl-].[Cl-]. The van der Waals surface area contributed by atoms with Crippen LogP contribution < -0.4 is 24.8 Å². The molecule has 0 spiro atoms. The zero-order chi connectivity index (χ0) is 33.0. The fraction of sp³-hybridized carbons (Fsp3) is 1.00. The molecule has 49 heavy (non-hydrogen) atoms. The van der Waals surface area contributed by atoms with Crippen molar-refractivity contribution in [2.45, 2.75) is 219 Å². The van der Waals surface area contributed by atoms with E-state index in [1.807, 2.05) is 0 Å². The molecule has 0 amide bonds. The van der Waals surface area contributed by atoms with Crippen LogP contribution in [0.4, 0.5) is 0 Å². The van der Waals surface area contributed by atoms with Crippen molar-refractivity contribution in [2.75, 3.05) is 55.4 Å². The van der Waals surface area contributed by atoms with Crippen molar-refractivity contribution >= 4 is 37.2 Å². The van der Waals surface area contributed by atoms with Crippen LogP contribution in [0.5, 0.6) is 0 Å². The molecular formula is C42H95Cl5N2. The van der Waals surface area contributed by atoms with E-state index in [2.05, 4.69) is 56.1 Å².